The van der Waals surface area contributed by atoms with Crippen molar-refractivity contribution >= 4 is 40.0 Å². The van der Waals surface area contributed by atoms with Crippen LogP contribution in [0.15, 0.2) is 42.5 Å². The van der Waals surface area contributed by atoms with E-state index < -0.39 is 0 Å². The fourth-order valence-corrected chi connectivity index (χ4v) is 4.07. The molecule has 0 radical (unpaired) electrons. The summed E-state index contributed by atoms with van der Waals surface area (Å²) in [6.07, 6.45) is 0. The fourth-order valence-electron chi connectivity index (χ4n) is 3.95. The topological polar surface area (TPSA) is 91.8 Å². The molecule has 0 atom stereocenters. The number of carbonyl (C=O) groups excluding carboxylic acids is 2. The summed E-state index contributed by atoms with van der Waals surface area (Å²) in [5, 5.41) is 11.7. The van der Waals surface area contributed by atoms with Crippen LogP contribution in [0.2, 0.25) is 5.02 Å². The molecule has 0 fully saturated rings. The zero-order valence-electron chi connectivity index (χ0n) is 19.0. The Morgan fingerprint density at radius 2 is 1.79 bits per heavy atom. The smallest absolute Gasteiger partial charge is 0.270 e. The molecular formula is C25H26ClN5O2. The lowest BCUT2D eigenvalue weighted by Crippen LogP contribution is -2.25. The molecule has 0 unspecified atom stereocenters. The highest BCUT2D eigenvalue weighted by Gasteiger charge is 2.21. The summed E-state index contributed by atoms with van der Waals surface area (Å²) >= 11 is 5.94. The van der Waals surface area contributed by atoms with Crippen LogP contribution in [-0.4, -0.2) is 26.6 Å². The van der Waals surface area contributed by atoms with E-state index in [1.807, 2.05) is 50.6 Å². The third-order valence-electron chi connectivity index (χ3n) is 5.78. The van der Waals surface area contributed by atoms with E-state index in [-0.39, 0.29) is 11.8 Å². The fraction of sp³-hybridized carbons (Fsp3) is 0.240. The second-order valence-corrected chi connectivity index (χ2v) is 8.47. The number of aromatic amines is 1. The molecule has 33 heavy (non-hydrogen) atoms. The summed E-state index contributed by atoms with van der Waals surface area (Å²) in [5.41, 5.74) is 5.89. The van der Waals surface area contributed by atoms with Gasteiger partial charge in [0.1, 0.15) is 5.69 Å². The van der Waals surface area contributed by atoms with Crippen LogP contribution in [0.4, 0.5) is 5.69 Å². The zero-order valence-corrected chi connectivity index (χ0v) is 19.8. The molecule has 170 valence electrons. The van der Waals surface area contributed by atoms with Crippen molar-refractivity contribution in [3.05, 3.63) is 81.3 Å². The summed E-state index contributed by atoms with van der Waals surface area (Å²) in [7, 11) is 0. The number of carbonyl (C=O) groups is 2. The number of benzene rings is 2. The molecule has 0 aliphatic carbocycles. The standard InChI is InChI=1S/C25H26ClN5O2/c1-5-31-16(4)20(15(3)30-31)13-27-25(33)23-22(19-12-14(2)6-11-21(19)28-23)29-24(32)17-7-9-18(26)10-8-17/h6-12,28H,5,13H2,1-4H3,(H,27,33)(H,29,32). The number of rotatable bonds is 6. The van der Waals surface area contributed by atoms with Crippen molar-refractivity contribution in [1.82, 2.24) is 20.1 Å². The van der Waals surface area contributed by atoms with Gasteiger partial charge in [0.25, 0.3) is 11.8 Å². The minimum atomic E-state index is -0.320. The number of H-pyrrole nitrogens is 1. The van der Waals surface area contributed by atoms with Crippen molar-refractivity contribution in [2.75, 3.05) is 5.32 Å². The molecule has 4 aromatic rings. The van der Waals surface area contributed by atoms with Crippen LogP contribution < -0.4 is 10.6 Å². The van der Waals surface area contributed by atoms with Gasteiger partial charge in [-0.25, -0.2) is 0 Å². The maximum atomic E-state index is 13.2. The van der Waals surface area contributed by atoms with E-state index >= 15 is 0 Å². The summed E-state index contributed by atoms with van der Waals surface area (Å²) < 4.78 is 1.92. The van der Waals surface area contributed by atoms with Crippen LogP contribution in [0.1, 0.15) is 50.3 Å². The lowest BCUT2D eigenvalue weighted by Gasteiger charge is -2.09. The number of nitrogens with one attached hydrogen (secondary N) is 3. The van der Waals surface area contributed by atoms with Gasteiger partial charge in [0.15, 0.2) is 0 Å². The summed E-state index contributed by atoms with van der Waals surface area (Å²) in [5.74, 6) is -0.627. The van der Waals surface area contributed by atoms with Gasteiger partial charge in [-0.05, 0) is 64.1 Å². The summed E-state index contributed by atoms with van der Waals surface area (Å²) in [6, 6.07) is 12.4. The average molecular weight is 464 g/mol. The molecular weight excluding hydrogens is 438 g/mol. The first-order chi connectivity index (χ1) is 15.8. The van der Waals surface area contributed by atoms with Gasteiger partial charge in [-0.3, -0.25) is 14.3 Å². The molecule has 4 rings (SSSR count). The lowest BCUT2D eigenvalue weighted by molar-refractivity contribution is 0.0947. The van der Waals surface area contributed by atoms with Crippen molar-refractivity contribution in [2.45, 2.75) is 40.8 Å². The first-order valence-electron chi connectivity index (χ1n) is 10.8. The Morgan fingerprint density at radius 1 is 1.06 bits per heavy atom. The summed E-state index contributed by atoms with van der Waals surface area (Å²) in [6.45, 7) is 9.04. The minimum absolute atomic E-state index is 0.302. The van der Waals surface area contributed by atoms with Gasteiger partial charge in [-0.15, -0.1) is 0 Å². The Balaban J connectivity index is 1.65. The number of fused-ring (bicyclic) bond motifs is 1. The Morgan fingerprint density at radius 3 is 2.45 bits per heavy atom. The molecule has 0 saturated carbocycles. The van der Waals surface area contributed by atoms with Crippen LogP contribution in [0, 0.1) is 20.8 Å². The third-order valence-corrected chi connectivity index (χ3v) is 6.03. The van der Waals surface area contributed by atoms with E-state index in [1.165, 1.54) is 0 Å². The molecule has 2 heterocycles. The normalized spacial score (nSPS) is 11.1. The van der Waals surface area contributed by atoms with Crippen LogP contribution in [0.25, 0.3) is 10.9 Å². The number of anilines is 1. The second-order valence-electron chi connectivity index (χ2n) is 8.03. The van der Waals surface area contributed by atoms with Gasteiger partial charge in [-0.1, -0.05) is 23.2 Å². The van der Waals surface area contributed by atoms with E-state index in [1.54, 1.807) is 24.3 Å². The van der Waals surface area contributed by atoms with E-state index in [2.05, 4.69) is 20.7 Å². The largest absolute Gasteiger partial charge is 0.349 e. The Labute approximate surface area is 197 Å². The third kappa shape index (κ3) is 4.50. The van der Waals surface area contributed by atoms with Gasteiger partial charge in [-0.2, -0.15) is 5.10 Å². The van der Waals surface area contributed by atoms with E-state index in [4.69, 9.17) is 11.6 Å². The number of aryl methyl sites for hydroxylation is 3. The van der Waals surface area contributed by atoms with E-state index in [9.17, 15) is 9.59 Å². The van der Waals surface area contributed by atoms with E-state index in [0.29, 0.717) is 28.5 Å². The minimum Gasteiger partial charge on any atom is -0.349 e. The van der Waals surface area contributed by atoms with Crippen molar-refractivity contribution in [3.63, 3.8) is 0 Å². The number of halogens is 1. The molecule has 0 aliphatic heterocycles. The molecule has 0 spiro atoms. The lowest BCUT2D eigenvalue weighted by atomic mass is 10.1. The van der Waals surface area contributed by atoms with E-state index in [0.717, 1.165) is 40.0 Å². The van der Waals surface area contributed by atoms with Gasteiger partial charge in [0.2, 0.25) is 0 Å². The van der Waals surface area contributed by atoms with Crippen LogP contribution in [0.3, 0.4) is 0 Å². The van der Waals surface area contributed by atoms with Crippen LogP contribution in [0.5, 0.6) is 0 Å². The molecule has 3 N–H and O–H groups in total. The first kappa shape index (κ1) is 22.6. The van der Waals surface area contributed by atoms with Crippen molar-refractivity contribution in [1.29, 1.82) is 0 Å². The zero-order chi connectivity index (χ0) is 23.7. The van der Waals surface area contributed by atoms with Crippen molar-refractivity contribution in [2.24, 2.45) is 0 Å². The van der Waals surface area contributed by atoms with Gasteiger partial charge in [0, 0.05) is 45.8 Å². The molecule has 7 nitrogen and oxygen atoms in total. The maximum Gasteiger partial charge on any atom is 0.270 e. The predicted molar refractivity (Wildman–Crippen MR) is 131 cm³/mol. The highest BCUT2D eigenvalue weighted by Crippen LogP contribution is 2.29. The Bertz CT molecular complexity index is 1350. The molecule has 0 bridgehead atoms. The first-order valence-corrected chi connectivity index (χ1v) is 11.2. The predicted octanol–water partition coefficient (Wildman–Crippen LogP) is 5.15. The quantitative estimate of drug-likeness (QED) is 0.369. The number of amides is 2. The molecule has 0 aliphatic rings. The number of hydrogen-bond acceptors (Lipinski definition) is 3. The van der Waals surface area contributed by atoms with Crippen LogP contribution in [-0.2, 0) is 13.1 Å². The van der Waals surface area contributed by atoms with Gasteiger partial charge in [0.05, 0.1) is 11.4 Å². The highest BCUT2D eigenvalue weighted by molar-refractivity contribution is 6.30. The monoisotopic (exact) mass is 463 g/mol. The average Bonchev–Trinajstić information content (AvgIpc) is 3.28. The maximum absolute atomic E-state index is 13.2. The summed E-state index contributed by atoms with van der Waals surface area (Å²) in [4.78, 5) is 29.3. The highest BCUT2D eigenvalue weighted by atomic mass is 35.5. The Kier molecular flexibility index (Phi) is 6.24. The molecule has 0 saturated heterocycles. The molecule has 2 aromatic carbocycles. The Hall–Kier alpha value is -3.58. The molecule has 2 aromatic heterocycles. The van der Waals surface area contributed by atoms with Crippen molar-refractivity contribution in [3.8, 4) is 0 Å². The number of hydrogen-bond donors (Lipinski definition) is 3. The second kappa shape index (κ2) is 9.11. The van der Waals surface area contributed by atoms with Crippen LogP contribution >= 0.6 is 11.6 Å². The van der Waals surface area contributed by atoms with Gasteiger partial charge < -0.3 is 15.6 Å². The van der Waals surface area contributed by atoms with Gasteiger partial charge >= 0.3 is 0 Å². The SMILES string of the molecule is CCn1nc(C)c(CNC(=O)c2[nH]c3ccc(C)cc3c2NC(=O)c2ccc(Cl)cc2)c1C. The molecule has 8 heteroatoms. The van der Waals surface area contributed by atoms with Crippen molar-refractivity contribution < 1.29 is 9.59 Å². The number of nitrogens with zero attached hydrogens (tertiary/aromatic N) is 2. The number of aromatic nitrogens is 3. The molecule has 2 amide bonds.